The molecule has 0 aliphatic rings. The molecule has 0 aliphatic carbocycles. The van der Waals surface area contributed by atoms with E-state index < -0.39 is 10.9 Å². The van der Waals surface area contributed by atoms with Crippen LogP contribution in [0.15, 0.2) is 36.4 Å². The molecule has 3 rings (SSSR count). The summed E-state index contributed by atoms with van der Waals surface area (Å²) in [5.41, 5.74) is 1.93. The molecule has 1 N–H and O–H groups in total. The Morgan fingerprint density at radius 2 is 2.00 bits per heavy atom. The highest BCUT2D eigenvalue weighted by molar-refractivity contribution is 6.37. The zero-order chi connectivity index (χ0) is 21.8. The number of benzene rings is 2. The van der Waals surface area contributed by atoms with Gasteiger partial charge >= 0.3 is 5.97 Å². The van der Waals surface area contributed by atoms with Crippen molar-refractivity contribution >= 4 is 45.8 Å². The van der Waals surface area contributed by atoms with Crippen LogP contribution in [0.4, 0.5) is 5.69 Å². The summed E-state index contributed by atoms with van der Waals surface area (Å²) < 4.78 is 5.91. The molecule has 1 aromatic heterocycles. The van der Waals surface area contributed by atoms with Gasteiger partial charge in [-0.25, -0.2) is 4.98 Å². The molecule has 2 aromatic carbocycles. The number of nitrogens with zero attached hydrogens (tertiary/aromatic N) is 2. The summed E-state index contributed by atoms with van der Waals surface area (Å²) in [6, 6.07) is 10.6. The Kier molecular flexibility index (Phi) is 6.74. The lowest BCUT2D eigenvalue weighted by Gasteiger charge is -2.14. The number of carboxylic acids is 1. The minimum atomic E-state index is -0.947. The SMILES string of the molecule is Cc1ccc2cccc(OCc3c(Cl)c(CCCC(=O)O)cc([N+](=O)[O-])c3Cl)c2n1. The van der Waals surface area contributed by atoms with Gasteiger partial charge in [0.2, 0.25) is 0 Å². The van der Waals surface area contributed by atoms with E-state index in [1.165, 1.54) is 6.07 Å². The smallest absolute Gasteiger partial charge is 0.303 e. The van der Waals surface area contributed by atoms with Crippen molar-refractivity contribution in [3.63, 3.8) is 0 Å². The molecule has 9 heteroatoms. The van der Waals surface area contributed by atoms with Gasteiger partial charge in [0.25, 0.3) is 5.69 Å². The van der Waals surface area contributed by atoms with Crippen molar-refractivity contribution in [3.8, 4) is 5.75 Å². The number of aryl methyl sites for hydroxylation is 2. The van der Waals surface area contributed by atoms with E-state index in [1.807, 2.05) is 31.2 Å². The average molecular weight is 449 g/mol. The van der Waals surface area contributed by atoms with Crippen molar-refractivity contribution < 1.29 is 19.6 Å². The van der Waals surface area contributed by atoms with Crippen molar-refractivity contribution in [2.45, 2.75) is 32.8 Å². The highest BCUT2D eigenvalue weighted by Crippen LogP contribution is 2.38. The third-order valence-corrected chi connectivity index (χ3v) is 5.47. The molecule has 0 atom stereocenters. The van der Waals surface area contributed by atoms with Crippen molar-refractivity contribution in [2.75, 3.05) is 0 Å². The summed E-state index contributed by atoms with van der Waals surface area (Å²) in [6.45, 7) is 1.77. The highest BCUT2D eigenvalue weighted by atomic mass is 35.5. The monoisotopic (exact) mass is 448 g/mol. The lowest BCUT2D eigenvalue weighted by atomic mass is 10.0. The fourth-order valence-electron chi connectivity index (χ4n) is 3.09. The second-order valence-corrected chi connectivity index (χ2v) is 7.49. The zero-order valence-electron chi connectivity index (χ0n) is 16.0. The molecule has 7 nitrogen and oxygen atoms in total. The molecule has 0 bridgehead atoms. The predicted molar refractivity (Wildman–Crippen MR) is 115 cm³/mol. The Labute approximate surface area is 182 Å². The van der Waals surface area contributed by atoms with Gasteiger partial charge in [0.1, 0.15) is 22.9 Å². The second kappa shape index (κ2) is 9.28. The number of rotatable bonds is 8. The van der Waals surface area contributed by atoms with E-state index in [2.05, 4.69) is 4.98 Å². The molecular formula is C21H18Cl2N2O5. The number of aromatic nitrogens is 1. The van der Waals surface area contributed by atoms with E-state index in [9.17, 15) is 14.9 Å². The number of carbonyl (C=O) groups is 1. The van der Waals surface area contributed by atoms with Crippen LogP contribution in [-0.2, 0) is 17.8 Å². The Morgan fingerprint density at radius 3 is 2.70 bits per heavy atom. The third kappa shape index (κ3) is 4.80. The number of para-hydroxylation sites is 1. The van der Waals surface area contributed by atoms with E-state index in [0.29, 0.717) is 23.3 Å². The molecule has 0 amide bonds. The number of ether oxygens (including phenoxy) is 1. The van der Waals surface area contributed by atoms with Gasteiger partial charge in [-0.15, -0.1) is 0 Å². The molecule has 0 radical (unpaired) electrons. The van der Waals surface area contributed by atoms with Crippen molar-refractivity contribution in [3.05, 3.63) is 73.4 Å². The quantitative estimate of drug-likeness (QED) is 0.347. The minimum Gasteiger partial charge on any atom is -0.487 e. The zero-order valence-corrected chi connectivity index (χ0v) is 17.5. The van der Waals surface area contributed by atoms with Crippen molar-refractivity contribution in [1.29, 1.82) is 0 Å². The summed E-state index contributed by atoms with van der Waals surface area (Å²) >= 11 is 12.7. The summed E-state index contributed by atoms with van der Waals surface area (Å²) in [4.78, 5) is 26.1. The van der Waals surface area contributed by atoms with Crippen molar-refractivity contribution in [2.24, 2.45) is 0 Å². The van der Waals surface area contributed by atoms with Gasteiger partial charge < -0.3 is 9.84 Å². The highest BCUT2D eigenvalue weighted by Gasteiger charge is 2.23. The average Bonchev–Trinajstić information content (AvgIpc) is 2.69. The molecule has 30 heavy (non-hydrogen) atoms. The molecule has 0 saturated carbocycles. The molecule has 1 heterocycles. The summed E-state index contributed by atoms with van der Waals surface area (Å²) in [7, 11) is 0. The number of hydrogen-bond donors (Lipinski definition) is 1. The maximum Gasteiger partial charge on any atom is 0.303 e. The number of carboxylic acid groups (broad SMARTS) is 1. The van der Waals surface area contributed by atoms with Crippen molar-refractivity contribution in [1.82, 2.24) is 4.98 Å². The number of halogens is 2. The Morgan fingerprint density at radius 1 is 1.23 bits per heavy atom. The number of fused-ring (bicyclic) bond motifs is 1. The number of pyridine rings is 1. The van der Waals surface area contributed by atoms with Crippen LogP contribution < -0.4 is 4.74 Å². The first-order chi connectivity index (χ1) is 14.3. The first-order valence-corrected chi connectivity index (χ1v) is 9.88. The van der Waals surface area contributed by atoms with Gasteiger partial charge in [-0.05, 0) is 37.5 Å². The largest absolute Gasteiger partial charge is 0.487 e. The fraction of sp³-hybridized carbons (Fsp3) is 0.238. The van der Waals surface area contributed by atoms with Gasteiger partial charge in [-0.1, -0.05) is 41.4 Å². The van der Waals surface area contributed by atoms with Gasteiger partial charge in [0.05, 0.1) is 9.95 Å². The lowest BCUT2D eigenvalue weighted by molar-refractivity contribution is -0.384. The van der Waals surface area contributed by atoms with E-state index in [-0.39, 0.29) is 40.7 Å². The number of nitro groups is 1. The summed E-state index contributed by atoms with van der Waals surface area (Å²) in [6.07, 6.45) is 0.491. The second-order valence-electron chi connectivity index (χ2n) is 6.73. The maximum atomic E-state index is 11.4. The summed E-state index contributed by atoms with van der Waals surface area (Å²) in [5, 5.41) is 21.3. The molecule has 0 aliphatic heterocycles. The van der Waals surface area contributed by atoms with Gasteiger partial charge in [-0.2, -0.15) is 0 Å². The van der Waals surface area contributed by atoms with Crippen LogP contribution in [0, 0.1) is 17.0 Å². The van der Waals surface area contributed by atoms with Crippen LogP contribution in [0.3, 0.4) is 0 Å². The first kappa shape index (κ1) is 21.8. The fourth-order valence-corrected chi connectivity index (χ4v) is 3.71. The molecule has 0 spiro atoms. The van der Waals surface area contributed by atoms with Crippen LogP contribution >= 0.6 is 23.2 Å². The van der Waals surface area contributed by atoms with Gasteiger partial charge in [0, 0.05) is 29.1 Å². The minimum absolute atomic E-state index is 0.0698. The van der Waals surface area contributed by atoms with Gasteiger partial charge in [-0.3, -0.25) is 14.9 Å². The molecular weight excluding hydrogens is 431 g/mol. The van der Waals surface area contributed by atoms with Crippen LogP contribution in [0.25, 0.3) is 10.9 Å². The standard InChI is InChI=1S/C21H18Cl2N2O5/c1-12-8-9-13-4-2-6-17(21(13)24-12)30-11-15-19(22)14(5-3-7-18(26)27)10-16(20(15)23)25(28)29/h2,4,6,8-10H,3,5,7,11H2,1H3,(H,26,27). The van der Waals surface area contributed by atoms with Crippen LogP contribution in [-0.4, -0.2) is 21.0 Å². The van der Waals surface area contributed by atoms with E-state index in [0.717, 1.165) is 11.1 Å². The predicted octanol–water partition coefficient (Wildman–Crippen LogP) is 5.74. The first-order valence-electron chi connectivity index (χ1n) is 9.13. The Bertz CT molecular complexity index is 1130. The van der Waals surface area contributed by atoms with E-state index in [1.54, 1.807) is 6.07 Å². The summed E-state index contributed by atoms with van der Waals surface area (Å²) in [5.74, 6) is -0.445. The molecule has 156 valence electrons. The van der Waals surface area contributed by atoms with Crippen LogP contribution in [0.5, 0.6) is 5.75 Å². The lowest BCUT2D eigenvalue weighted by Crippen LogP contribution is -2.04. The molecule has 3 aromatic rings. The molecule has 0 fully saturated rings. The molecule has 0 unspecified atom stereocenters. The molecule has 0 saturated heterocycles. The third-order valence-electron chi connectivity index (χ3n) is 4.58. The van der Waals surface area contributed by atoms with E-state index in [4.69, 9.17) is 33.0 Å². The maximum absolute atomic E-state index is 11.4. The normalized spacial score (nSPS) is 10.9. The van der Waals surface area contributed by atoms with E-state index >= 15 is 0 Å². The topological polar surface area (TPSA) is 103 Å². The Balaban J connectivity index is 1.95. The number of aliphatic carboxylic acids is 1. The van der Waals surface area contributed by atoms with Crippen LogP contribution in [0.1, 0.15) is 29.7 Å². The number of hydrogen-bond acceptors (Lipinski definition) is 5. The van der Waals surface area contributed by atoms with Gasteiger partial charge in [0.15, 0.2) is 0 Å². The van der Waals surface area contributed by atoms with Crippen LogP contribution in [0.2, 0.25) is 10.0 Å². The Hall–Kier alpha value is -2.90. The number of nitro benzene ring substituents is 1.